The van der Waals surface area contributed by atoms with Crippen LogP contribution >= 0.6 is 33.9 Å². The molecule has 0 saturated heterocycles. The number of hydrogen-bond acceptors (Lipinski definition) is 4. The van der Waals surface area contributed by atoms with E-state index in [1.807, 2.05) is 20.8 Å². The molecule has 1 aromatic carbocycles. The van der Waals surface area contributed by atoms with E-state index in [-0.39, 0.29) is 32.9 Å². The van der Waals surface area contributed by atoms with Crippen LogP contribution in [0, 0.1) is 0 Å². The van der Waals surface area contributed by atoms with Crippen molar-refractivity contribution in [2.24, 2.45) is 0 Å². The molecule has 0 saturated carbocycles. The molecular formula is C12H15Cl3O4S. The number of ether oxygens (including phenoxy) is 2. The van der Waals surface area contributed by atoms with Crippen LogP contribution in [0.25, 0.3) is 0 Å². The van der Waals surface area contributed by atoms with Crippen molar-refractivity contribution in [3.8, 4) is 5.75 Å². The van der Waals surface area contributed by atoms with E-state index in [2.05, 4.69) is 0 Å². The van der Waals surface area contributed by atoms with Crippen LogP contribution in [-0.4, -0.2) is 27.2 Å². The highest BCUT2D eigenvalue weighted by atomic mass is 35.7. The largest absolute Gasteiger partial charge is 0.488 e. The van der Waals surface area contributed by atoms with Gasteiger partial charge >= 0.3 is 0 Å². The van der Waals surface area contributed by atoms with Gasteiger partial charge in [0, 0.05) is 10.7 Å². The van der Waals surface area contributed by atoms with Gasteiger partial charge in [-0.15, -0.1) is 0 Å². The summed E-state index contributed by atoms with van der Waals surface area (Å²) in [4.78, 5) is -0.174. The van der Waals surface area contributed by atoms with Crippen LogP contribution in [0.3, 0.4) is 0 Å². The zero-order valence-electron chi connectivity index (χ0n) is 11.2. The van der Waals surface area contributed by atoms with Gasteiger partial charge in [0.15, 0.2) is 5.75 Å². The Morgan fingerprint density at radius 1 is 1.10 bits per heavy atom. The number of hydrogen-bond donors (Lipinski definition) is 0. The van der Waals surface area contributed by atoms with E-state index in [0.29, 0.717) is 6.61 Å². The van der Waals surface area contributed by atoms with Gasteiger partial charge in [-0.25, -0.2) is 8.42 Å². The first-order chi connectivity index (χ1) is 9.00. The molecule has 0 fully saturated rings. The summed E-state index contributed by atoms with van der Waals surface area (Å²) in [5, 5.41) is 0.153. The second-order valence-corrected chi connectivity index (χ2v) is 8.34. The van der Waals surface area contributed by atoms with Gasteiger partial charge in [-0.3, -0.25) is 0 Å². The molecule has 0 unspecified atom stereocenters. The predicted molar refractivity (Wildman–Crippen MR) is 80.7 cm³/mol. The summed E-state index contributed by atoms with van der Waals surface area (Å²) >= 11 is 11.9. The molecule has 0 aliphatic heterocycles. The van der Waals surface area contributed by atoms with Crippen LogP contribution in [0.1, 0.15) is 20.8 Å². The molecule has 0 aromatic heterocycles. The molecule has 0 amide bonds. The summed E-state index contributed by atoms with van der Waals surface area (Å²) in [5.41, 5.74) is -0.270. The Hall–Kier alpha value is -0.200. The van der Waals surface area contributed by atoms with Gasteiger partial charge in [-0.2, -0.15) is 0 Å². The molecule has 20 heavy (non-hydrogen) atoms. The average Bonchev–Trinajstić information content (AvgIpc) is 2.23. The van der Waals surface area contributed by atoms with Crippen LogP contribution in [-0.2, 0) is 13.8 Å². The fraction of sp³-hybridized carbons (Fsp3) is 0.500. The lowest BCUT2D eigenvalue weighted by Crippen LogP contribution is -2.22. The summed E-state index contributed by atoms with van der Waals surface area (Å²) in [6, 6.07) is 2.38. The quantitative estimate of drug-likeness (QED) is 0.585. The Labute approximate surface area is 133 Å². The molecular weight excluding hydrogens is 347 g/mol. The third kappa shape index (κ3) is 5.66. The van der Waals surface area contributed by atoms with Gasteiger partial charge in [-0.05, 0) is 32.9 Å². The average molecular weight is 362 g/mol. The summed E-state index contributed by atoms with van der Waals surface area (Å²) in [5.74, 6) is 0.204. The van der Waals surface area contributed by atoms with Crippen molar-refractivity contribution in [3.63, 3.8) is 0 Å². The molecule has 0 atom stereocenters. The molecule has 1 aromatic rings. The monoisotopic (exact) mass is 360 g/mol. The summed E-state index contributed by atoms with van der Waals surface area (Å²) in [7, 11) is 1.34. The molecule has 8 heteroatoms. The van der Waals surface area contributed by atoms with Crippen molar-refractivity contribution in [3.05, 3.63) is 22.2 Å². The van der Waals surface area contributed by atoms with Gasteiger partial charge in [0.2, 0.25) is 0 Å². The lowest BCUT2D eigenvalue weighted by atomic mass is 10.2. The molecule has 0 bridgehead atoms. The molecule has 0 N–H and O–H groups in total. The maximum Gasteiger partial charge on any atom is 0.261 e. The van der Waals surface area contributed by atoms with E-state index in [1.54, 1.807) is 0 Å². The minimum Gasteiger partial charge on any atom is -0.488 e. The molecule has 114 valence electrons. The summed E-state index contributed by atoms with van der Waals surface area (Å²) in [6.45, 7) is 6.36. The fourth-order valence-electron chi connectivity index (χ4n) is 1.31. The normalized spacial score (nSPS) is 12.5. The van der Waals surface area contributed by atoms with Gasteiger partial charge < -0.3 is 9.47 Å². The predicted octanol–water partition coefficient (Wildman–Crippen LogP) is 4.11. The lowest BCUT2D eigenvalue weighted by Gasteiger charge is -2.20. The lowest BCUT2D eigenvalue weighted by molar-refractivity contribution is -0.0162. The third-order valence-electron chi connectivity index (χ3n) is 2.12. The van der Waals surface area contributed by atoms with Crippen molar-refractivity contribution >= 4 is 42.9 Å². The standard InChI is InChI=1S/C12H15Cl3O4S/c1-12(2,3)19-5-4-18-11-9(13)6-8(7-10(11)14)20(15,16)17/h6-7H,4-5H2,1-3H3. The summed E-state index contributed by atoms with van der Waals surface area (Å²) in [6.07, 6.45) is 0. The van der Waals surface area contributed by atoms with Gasteiger partial charge in [-0.1, -0.05) is 23.2 Å². The van der Waals surface area contributed by atoms with Crippen LogP contribution < -0.4 is 4.74 Å². The van der Waals surface area contributed by atoms with Crippen molar-refractivity contribution in [2.45, 2.75) is 31.3 Å². The second-order valence-electron chi connectivity index (χ2n) is 4.96. The minimum atomic E-state index is -3.89. The number of benzene rings is 1. The van der Waals surface area contributed by atoms with E-state index < -0.39 is 9.05 Å². The van der Waals surface area contributed by atoms with Gasteiger partial charge in [0.05, 0.1) is 27.1 Å². The smallest absolute Gasteiger partial charge is 0.261 e. The molecule has 0 heterocycles. The van der Waals surface area contributed by atoms with E-state index in [1.165, 1.54) is 12.1 Å². The molecule has 0 aliphatic rings. The number of halogens is 3. The maximum absolute atomic E-state index is 11.2. The molecule has 4 nitrogen and oxygen atoms in total. The zero-order valence-corrected chi connectivity index (χ0v) is 14.3. The van der Waals surface area contributed by atoms with Crippen LogP contribution in [0.15, 0.2) is 17.0 Å². The molecule has 0 spiro atoms. The van der Waals surface area contributed by atoms with E-state index in [9.17, 15) is 8.42 Å². The highest BCUT2D eigenvalue weighted by Crippen LogP contribution is 2.36. The Kier molecular flexibility index (Phi) is 5.99. The first-order valence-electron chi connectivity index (χ1n) is 5.71. The Bertz CT molecular complexity index is 556. The minimum absolute atomic E-state index is 0.0764. The van der Waals surface area contributed by atoms with E-state index in [0.717, 1.165) is 0 Å². The SMILES string of the molecule is CC(C)(C)OCCOc1c(Cl)cc(S(=O)(=O)Cl)cc1Cl. The Morgan fingerprint density at radius 2 is 1.60 bits per heavy atom. The topological polar surface area (TPSA) is 52.6 Å². The van der Waals surface area contributed by atoms with Crippen LogP contribution in [0.2, 0.25) is 10.0 Å². The fourth-order valence-corrected chi connectivity index (χ4v) is 2.82. The molecule has 0 radical (unpaired) electrons. The van der Waals surface area contributed by atoms with E-state index in [4.69, 9.17) is 43.4 Å². The van der Waals surface area contributed by atoms with Crippen LogP contribution in [0.4, 0.5) is 0 Å². The van der Waals surface area contributed by atoms with Crippen molar-refractivity contribution < 1.29 is 17.9 Å². The Morgan fingerprint density at radius 3 is 2.00 bits per heavy atom. The van der Waals surface area contributed by atoms with E-state index >= 15 is 0 Å². The Balaban J connectivity index is 2.78. The van der Waals surface area contributed by atoms with Gasteiger partial charge in [0.1, 0.15) is 6.61 Å². The van der Waals surface area contributed by atoms with Crippen molar-refractivity contribution in [2.75, 3.05) is 13.2 Å². The first kappa shape index (κ1) is 17.9. The molecule has 0 aliphatic carbocycles. The van der Waals surface area contributed by atoms with Crippen molar-refractivity contribution in [1.29, 1.82) is 0 Å². The number of rotatable bonds is 5. The molecule has 1 rings (SSSR count). The van der Waals surface area contributed by atoms with Gasteiger partial charge in [0.25, 0.3) is 9.05 Å². The first-order valence-corrected chi connectivity index (χ1v) is 8.78. The summed E-state index contributed by atoms with van der Waals surface area (Å²) < 4.78 is 33.3. The van der Waals surface area contributed by atoms with Crippen LogP contribution in [0.5, 0.6) is 5.75 Å². The third-order valence-corrected chi connectivity index (χ3v) is 4.01. The highest BCUT2D eigenvalue weighted by molar-refractivity contribution is 8.13. The second kappa shape index (κ2) is 6.71. The highest BCUT2D eigenvalue weighted by Gasteiger charge is 2.17. The van der Waals surface area contributed by atoms with Crippen molar-refractivity contribution in [1.82, 2.24) is 0 Å². The maximum atomic E-state index is 11.2. The zero-order chi connectivity index (χ0) is 15.6.